The fourth-order valence-electron chi connectivity index (χ4n) is 2.03. The molecule has 1 aromatic heterocycles. The first-order chi connectivity index (χ1) is 11.5. The molecule has 0 bridgehead atoms. The van der Waals surface area contributed by atoms with Gasteiger partial charge in [-0.25, -0.2) is 4.98 Å². The molecule has 0 aliphatic rings. The maximum absolute atomic E-state index is 12.3. The number of nitrogens with zero attached hydrogens (tertiary/aromatic N) is 2. The van der Waals surface area contributed by atoms with E-state index in [9.17, 15) is 4.79 Å². The second-order valence-corrected chi connectivity index (χ2v) is 6.91. The van der Waals surface area contributed by atoms with Gasteiger partial charge in [-0.1, -0.05) is 35.0 Å². The Labute approximate surface area is 153 Å². The normalized spacial score (nSPS) is 10.6. The molecule has 0 aliphatic heterocycles. The molecule has 0 atom stereocenters. The minimum atomic E-state index is -0.277. The predicted molar refractivity (Wildman–Crippen MR) is 98.2 cm³/mol. The van der Waals surface area contributed by atoms with Crippen molar-refractivity contribution in [3.8, 4) is 0 Å². The maximum atomic E-state index is 12.3. The van der Waals surface area contributed by atoms with Crippen LogP contribution < -0.4 is 5.32 Å². The number of aryl methyl sites for hydroxylation is 1. The quantitative estimate of drug-likeness (QED) is 0.685. The number of hydrogen-bond donors (Lipinski definition) is 1. The Morgan fingerprint density at radius 1 is 1.17 bits per heavy atom. The van der Waals surface area contributed by atoms with Crippen LogP contribution in [0.5, 0.6) is 0 Å². The number of aromatic nitrogens is 2. The van der Waals surface area contributed by atoms with Crippen molar-refractivity contribution >= 4 is 46.6 Å². The van der Waals surface area contributed by atoms with Crippen LogP contribution in [0.2, 0.25) is 10.0 Å². The van der Waals surface area contributed by atoms with E-state index in [1.54, 1.807) is 36.2 Å². The molecule has 0 radical (unpaired) electrons. The van der Waals surface area contributed by atoms with Gasteiger partial charge in [-0.3, -0.25) is 4.79 Å². The lowest BCUT2D eigenvalue weighted by Gasteiger charge is -2.08. The third kappa shape index (κ3) is 3.93. The van der Waals surface area contributed by atoms with Crippen molar-refractivity contribution in [3.05, 3.63) is 70.5 Å². The van der Waals surface area contributed by atoms with E-state index in [4.69, 9.17) is 23.2 Å². The molecular formula is C17H13Cl2N3OS. The van der Waals surface area contributed by atoms with Crippen molar-refractivity contribution in [2.24, 2.45) is 7.05 Å². The smallest absolute Gasteiger partial charge is 0.257 e. The van der Waals surface area contributed by atoms with Gasteiger partial charge in [0.25, 0.3) is 5.91 Å². The molecule has 1 N–H and O–H groups in total. The minimum absolute atomic E-state index is 0.277. The number of amides is 1. The Bertz CT molecular complexity index is 878. The first-order valence-electron chi connectivity index (χ1n) is 7.04. The van der Waals surface area contributed by atoms with Gasteiger partial charge in [0, 0.05) is 35.0 Å². The standard InChI is InChI=1S/C17H13Cl2N3OS/c1-22-9-8-20-17(22)24-13-5-3-12(4-6-13)21-16(23)14-7-2-11(18)10-15(14)19/h2-10H,1H3,(H,21,23). The van der Waals surface area contributed by atoms with Gasteiger partial charge in [0.05, 0.1) is 10.6 Å². The summed E-state index contributed by atoms with van der Waals surface area (Å²) in [5.41, 5.74) is 1.07. The van der Waals surface area contributed by atoms with E-state index < -0.39 is 0 Å². The van der Waals surface area contributed by atoms with Crippen LogP contribution in [0.15, 0.2) is 64.9 Å². The molecule has 0 aliphatic carbocycles. The van der Waals surface area contributed by atoms with E-state index in [2.05, 4.69) is 10.3 Å². The molecular weight excluding hydrogens is 365 g/mol. The summed E-state index contributed by atoms with van der Waals surface area (Å²) in [5, 5.41) is 4.54. The first-order valence-corrected chi connectivity index (χ1v) is 8.62. The Morgan fingerprint density at radius 3 is 2.54 bits per heavy atom. The minimum Gasteiger partial charge on any atom is -0.329 e. The Balaban J connectivity index is 1.69. The highest BCUT2D eigenvalue weighted by Crippen LogP contribution is 2.27. The lowest BCUT2D eigenvalue weighted by atomic mass is 10.2. The Morgan fingerprint density at radius 2 is 1.92 bits per heavy atom. The van der Waals surface area contributed by atoms with Crippen molar-refractivity contribution in [3.63, 3.8) is 0 Å². The summed E-state index contributed by atoms with van der Waals surface area (Å²) < 4.78 is 1.95. The van der Waals surface area contributed by atoms with Crippen molar-refractivity contribution in [1.82, 2.24) is 9.55 Å². The van der Waals surface area contributed by atoms with E-state index >= 15 is 0 Å². The SMILES string of the molecule is Cn1ccnc1Sc1ccc(NC(=O)c2ccc(Cl)cc2Cl)cc1. The first kappa shape index (κ1) is 16.9. The summed E-state index contributed by atoms with van der Waals surface area (Å²) >= 11 is 13.4. The van der Waals surface area contributed by atoms with E-state index in [0.717, 1.165) is 10.1 Å². The number of carbonyl (C=O) groups excluding carboxylic acids is 1. The van der Waals surface area contributed by atoms with Crippen LogP contribution in [-0.4, -0.2) is 15.5 Å². The van der Waals surface area contributed by atoms with Gasteiger partial charge < -0.3 is 9.88 Å². The number of rotatable bonds is 4. The number of nitrogens with one attached hydrogen (secondary N) is 1. The average molecular weight is 378 g/mol. The lowest BCUT2D eigenvalue weighted by Crippen LogP contribution is -2.12. The van der Waals surface area contributed by atoms with Gasteiger partial charge in [0.1, 0.15) is 0 Å². The number of anilines is 1. The molecule has 0 saturated carbocycles. The van der Waals surface area contributed by atoms with Gasteiger partial charge in [0.2, 0.25) is 0 Å². The van der Waals surface area contributed by atoms with Crippen LogP contribution in [0.25, 0.3) is 0 Å². The van der Waals surface area contributed by atoms with Crippen molar-refractivity contribution in [2.75, 3.05) is 5.32 Å². The molecule has 1 heterocycles. The van der Waals surface area contributed by atoms with Crippen LogP contribution in [0.4, 0.5) is 5.69 Å². The van der Waals surface area contributed by atoms with E-state index in [0.29, 0.717) is 21.3 Å². The number of hydrogen-bond acceptors (Lipinski definition) is 3. The summed E-state index contributed by atoms with van der Waals surface area (Å²) in [5.74, 6) is -0.277. The lowest BCUT2D eigenvalue weighted by molar-refractivity contribution is 0.102. The molecule has 24 heavy (non-hydrogen) atoms. The number of imidazole rings is 1. The topological polar surface area (TPSA) is 46.9 Å². The molecule has 1 amide bonds. The van der Waals surface area contributed by atoms with Crippen molar-refractivity contribution in [1.29, 1.82) is 0 Å². The largest absolute Gasteiger partial charge is 0.329 e. The zero-order valence-corrected chi connectivity index (χ0v) is 15.0. The fourth-order valence-corrected chi connectivity index (χ4v) is 3.33. The highest BCUT2D eigenvalue weighted by atomic mass is 35.5. The van der Waals surface area contributed by atoms with Gasteiger partial charge in [0.15, 0.2) is 5.16 Å². The molecule has 122 valence electrons. The Kier molecular flexibility index (Phi) is 5.14. The average Bonchev–Trinajstić information content (AvgIpc) is 2.94. The van der Waals surface area contributed by atoms with Crippen LogP contribution in [0, 0.1) is 0 Å². The van der Waals surface area contributed by atoms with Crippen molar-refractivity contribution in [2.45, 2.75) is 10.1 Å². The summed E-state index contributed by atoms with van der Waals surface area (Å²) in [6.45, 7) is 0. The third-order valence-corrected chi connectivity index (χ3v) is 4.91. The van der Waals surface area contributed by atoms with Gasteiger partial charge in [-0.2, -0.15) is 0 Å². The van der Waals surface area contributed by atoms with Crippen LogP contribution in [-0.2, 0) is 7.05 Å². The van der Waals surface area contributed by atoms with Crippen LogP contribution in [0.3, 0.4) is 0 Å². The maximum Gasteiger partial charge on any atom is 0.257 e. The third-order valence-electron chi connectivity index (χ3n) is 3.27. The molecule has 0 fully saturated rings. The number of halogens is 2. The van der Waals surface area contributed by atoms with E-state index in [1.807, 2.05) is 42.1 Å². The van der Waals surface area contributed by atoms with Crippen LogP contribution >= 0.6 is 35.0 Å². The summed E-state index contributed by atoms with van der Waals surface area (Å²) in [4.78, 5) is 17.6. The molecule has 4 nitrogen and oxygen atoms in total. The summed E-state index contributed by atoms with van der Waals surface area (Å²) in [7, 11) is 1.94. The highest BCUT2D eigenvalue weighted by molar-refractivity contribution is 7.99. The molecule has 0 saturated heterocycles. The molecule has 3 aromatic rings. The van der Waals surface area contributed by atoms with Gasteiger partial charge in [-0.15, -0.1) is 0 Å². The number of benzene rings is 2. The monoisotopic (exact) mass is 377 g/mol. The fraction of sp³-hybridized carbons (Fsp3) is 0.0588. The highest BCUT2D eigenvalue weighted by Gasteiger charge is 2.11. The van der Waals surface area contributed by atoms with E-state index in [-0.39, 0.29) is 5.91 Å². The second kappa shape index (κ2) is 7.30. The van der Waals surface area contributed by atoms with Crippen LogP contribution in [0.1, 0.15) is 10.4 Å². The van der Waals surface area contributed by atoms with E-state index in [1.165, 1.54) is 0 Å². The predicted octanol–water partition coefficient (Wildman–Crippen LogP) is 5.13. The second-order valence-electron chi connectivity index (χ2n) is 5.03. The molecule has 2 aromatic carbocycles. The zero-order valence-electron chi connectivity index (χ0n) is 12.7. The molecule has 7 heteroatoms. The van der Waals surface area contributed by atoms with Crippen molar-refractivity contribution < 1.29 is 4.79 Å². The van der Waals surface area contributed by atoms with Gasteiger partial charge in [-0.05, 0) is 42.5 Å². The Hall–Kier alpha value is -1.95. The number of carbonyl (C=O) groups is 1. The molecule has 0 spiro atoms. The molecule has 3 rings (SSSR count). The van der Waals surface area contributed by atoms with Gasteiger partial charge >= 0.3 is 0 Å². The summed E-state index contributed by atoms with van der Waals surface area (Å²) in [6.07, 6.45) is 3.65. The summed E-state index contributed by atoms with van der Waals surface area (Å²) in [6, 6.07) is 12.3. The molecule has 0 unspecified atom stereocenters. The zero-order chi connectivity index (χ0) is 17.1.